The van der Waals surface area contributed by atoms with Crippen molar-refractivity contribution in [2.75, 3.05) is 11.9 Å². The second-order valence-corrected chi connectivity index (χ2v) is 8.54. The normalized spacial score (nSPS) is 15.8. The molecule has 5 rings (SSSR count). The van der Waals surface area contributed by atoms with E-state index in [9.17, 15) is 0 Å². The van der Waals surface area contributed by atoms with Gasteiger partial charge >= 0.3 is 0 Å². The van der Waals surface area contributed by atoms with Crippen molar-refractivity contribution in [3.8, 4) is 5.69 Å². The summed E-state index contributed by atoms with van der Waals surface area (Å²) < 4.78 is 2.42. The van der Waals surface area contributed by atoms with E-state index in [4.69, 9.17) is 0 Å². The van der Waals surface area contributed by atoms with E-state index in [1.165, 1.54) is 44.3 Å². The van der Waals surface area contributed by atoms with Gasteiger partial charge in [-0.25, -0.2) is 0 Å². The van der Waals surface area contributed by atoms with E-state index in [0.717, 1.165) is 0 Å². The van der Waals surface area contributed by atoms with E-state index in [1.807, 2.05) is 0 Å². The molecule has 0 N–H and O–H groups in total. The maximum Gasteiger partial charge on any atom is 0.110 e. The molecule has 4 aromatic rings. The molecular weight excluding hydrogens is 354 g/mol. The van der Waals surface area contributed by atoms with Gasteiger partial charge in [0.15, 0.2) is 0 Å². The summed E-state index contributed by atoms with van der Waals surface area (Å²) in [4.78, 5) is 4.69. The predicted molar refractivity (Wildman–Crippen MR) is 124 cm³/mol. The maximum absolute atomic E-state index is 2.42. The van der Waals surface area contributed by atoms with Crippen molar-refractivity contribution < 1.29 is 0 Å². The van der Waals surface area contributed by atoms with Crippen molar-refractivity contribution in [2.24, 2.45) is 0 Å². The number of anilines is 1. The molecule has 0 aliphatic carbocycles. The standard InChI is InChI=1S/C26H27N3/c1-18-17-19(2)25-23(24(18)28-16-15-27(5)26(28,3)4)21-13-9-10-14-22(21)29(25)20-11-7-6-8-12-20/h6-17H,1-5H3. The summed E-state index contributed by atoms with van der Waals surface area (Å²) in [5, 5.41) is 2.63. The second-order valence-electron chi connectivity index (χ2n) is 8.54. The highest BCUT2D eigenvalue weighted by Crippen LogP contribution is 2.45. The van der Waals surface area contributed by atoms with Gasteiger partial charge in [0.05, 0.1) is 16.7 Å². The summed E-state index contributed by atoms with van der Waals surface area (Å²) in [5.41, 5.74) is 7.51. The largest absolute Gasteiger partial charge is 0.357 e. The fraction of sp³-hybridized carbons (Fsp3) is 0.231. The highest BCUT2D eigenvalue weighted by atomic mass is 15.4. The van der Waals surface area contributed by atoms with Gasteiger partial charge in [0, 0.05) is 35.9 Å². The number of para-hydroxylation sites is 2. The van der Waals surface area contributed by atoms with E-state index in [1.54, 1.807) is 0 Å². The summed E-state index contributed by atoms with van der Waals surface area (Å²) >= 11 is 0. The van der Waals surface area contributed by atoms with Crippen LogP contribution in [0.25, 0.3) is 27.5 Å². The Labute approximate surface area is 172 Å². The molecule has 3 nitrogen and oxygen atoms in total. The SMILES string of the molecule is Cc1cc(C)c2c(c1N1C=CN(C)C1(C)C)c1ccccc1n2-c1ccccc1. The van der Waals surface area contributed by atoms with Crippen molar-refractivity contribution >= 4 is 27.5 Å². The molecule has 146 valence electrons. The van der Waals surface area contributed by atoms with Gasteiger partial charge in [0.2, 0.25) is 0 Å². The van der Waals surface area contributed by atoms with E-state index in [-0.39, 0.29) is 5.66 Å². The molecule has 0 bridgehead atoms. The van der Waals surface area contributed by atoms with Gasteiger partial charge in [-0.2, -0.15) is 0 Å². The third kappa shape index (κ3) is 2.43. The molecule has 3 heteroatoms. The minimum absolute atomic E-state index is 0.122. The van der Waals surface area contributed by atoms with Crippen LogP contribution in [0.1, 0.15) is 25.0 Å². The van der Waals surface area contributed by atoms with Gasteiger partial charge in [-0.05, 0) is 57.0 Å². The number of hydrogen-bond acceptors (Lipinski definition) is 2. The monoisotopic (exact) mass is 381 g/mol. The van der Waals surface area contributed by atoms with Gasteiger partial charge in [-0.15, -0.1) is 0 Å². The van der Waals surface area contributed by atoms with Crippen molar-refractivity contribution in [1.29, 1.82) is 0 Å². The molecule has 0 saturated heterocycles. The smallest absolute Gasteiger partial charge is 0.110 e. The minimum Gasteiger partial charge on any atom is -0.357 e. The van der Waals surface area contributed by atoms with Crippen LogP contribution < -0.4 is 4.90 Å². The fourth-order valence-corrected chi connectivity index (χ4v) is 4.72. The summed E-state index contributed by atoms with van der Waals surface area (Å²) in [6.45, 7) is 9.01. The number of rotatable bonds is 2. The Kier molecular flexibility index (Phi) is 3.79. The zero-order valence-corrected chi connectivity index (χ0v) is 17.8. The van der Waals surface area contributed by atoms with Crippen LogP contribution in [0.15, 0.2) is 73.1 Å². The van der Waals surface area contributed by atoms with Gasteiger partial charge < -0.3 is 14.4 Å². The van der Waals surface area contributed by atoms with Gasteiger partial charge in [-0.1, -0.05) is 42.5 Å². The van der Waals surface area contributed by atoms with E-state index < -0.39 is 0 Å². The molecule has 0 amide bonds. The van der Waals surface area contributed by atoms with Crippen LogP contribution in [-0.4, -0.2) is 22.2 Å². The topological polar surface area (TPSA) is 11.4 Å². The molecule has 0 saturated carbocycles. The number of nitrogens with zero attached hydrogens (tertiary/aromatic N) is 3. The average Bonchev–Trinajstić information content (AvgIpc) is 3.18. The van der Waals surface area contributed by atoms with Crippen LogP contribution in [-0.2, 0) is 0 Å². The number of aryl methyl sites for hydroxylation is 2. The Morgan fingerprint density at radius 2 is 1.48 bits per heavy atom. The third-order valence-corrected chi connectivity index (χ3v) is 6.44. The maximum atomic E-state index is 2.42. The quantitative estimate of drug-likeness (QED) is 0.400. The molecule has 1 aliphatic rings. The van der Waals surface area contributed by atoms with Crippen LogP contribution in [0.5, 0.6) is 0 Å². The summed E-state index contributed by atoms with van der Waals surface area (Å²) in [6.07, 6.45) is 4.38. The van der Waals surface area contributed by atoms with Gasteiger partial charge in [-0.3, -0.25) is 0 Å². The molecule has 29 heavy (non-hydrogen) atoms. The van der Waals surface area contributed by atoms with Gasteiger partial charge in [0.1, 0.15) is 5.66 Å². The number of fused-ring (bicyclic) bond motifs is 3. The molecule has 0 unspecified atom stereocenters. The summed E-state index contributed by atoms with van der Waals surface area (Å²) in [5.74, 6) is 0. The van der Waals surface area contributed by atoms with Crippen LogP contribution >= 0.6 is 0 Å². The Hall–Kier alpha value is -3.20. The van der Waals surface area contributed by atoms with Gasteiger partial charge in [0.25, 0.3) is 0 Å². The van der Waals surface area contributed by atoms with Crippen molar-refractivity contribution in [1.82, 2.24) is 9.47 Å². The lowest BCUT2D eigenvalue weighted by molar-refractivity contribution is 0.253. The highest BCUT2D eigenvalue weighted by molar-refractivity contribution is 6.17. The molecule has 0 fully saturated rings. The van der Waals surface area contributed by atoms with Crippen LogP contribution in [0.2, 0.25) is 0 Å². The molecule has 1 aliphatic heterocycles. The Balaban J connectivity index is 1.96. The first-order chi connectivity index (χ1) is 13.9. The second kappa shape index (κ2) is 6.15. The first kappa shape index (κ1) is 17.9. The van der Waals surface area contributed by atoms with Crippen molar-refractivity contribution in [3.63, 3.8) is 0 Å². The third-order valence-electron chi connectivity index (χ3n) is 6.44. The average molecular weight is 382 g/mol. The van der Waals surface area contributed by atoms with E-state index in [2.05, 4.69) is 122 Å². The first-order valence-electron chi connectivity index (χ1n) is 10.2. The molecule has 2 heterocycles. The van der Waals surface area contributed by atoms with E-state index >= 15 is 0 Å². The molecule has 0 atom stereocenters. The number of aromatic nitrogens is 1. The lowest BCUT2D eigenvalue weighted by Gasteiger charge is -2.39. The first-order valence-corrected chi connectivity index (χ1v) is 10.2. The summed E-state index contributed by atoms with van der Waals surface area (Å²) in [7, 11) is 2.14. The number of hydrogen-bond donors (Lipinski definition) is 0. The lowest BCUT2D eigenvalue weighted by atomic mass is 10.00. The highest BCUT2D eigenvalue weighted by Gasteiger charge is 2.35. The zero-order chi connectivity index (χ0) is 20.3. The molecular formula is C26H27N3. The number of benzene rings is 3. The molecule has 1 aromatic heterocycles. The lowest BCUT2D eigenvalue weighted by Crippen LogP contribution is -2.47. The zero-order valence-electron chi connectivity index (χ0n) is 17.8. The predicted octanol–water partition coefficient (Wildman–Crippen LogP) is 6.36. The van der Waals surface area contributed by atoms with Crippen LogP contribution in [0, 0.1) is 13.8 Å². The fourth-order valence-electron chi connectivity index (χ4n) is 4.72. The van der Waals surface area contributed by atoms with Crippen LogP contribution in [0.3, 0.4) is 0 Å². The van der Waals surface area contributed by atoms with Crippen molar-refractivity contribution in [2.45, 2.75) is 33.4 Å². The van der Waals surface area contributed by atoms with Crippen LogP contribution in [0.4, 0.5) is 5.69 Å². The van der Waals surface area contributed by atoms with Crippen molar-refractivity contribution in [3.05, 3.63) is 84.2 Å². The molecule has 0 radical (unpaired) electrons. The minimum atomic E-state index is -0.122. The Morgan fingerprint density at radius 3 is 2.17 bits per heavy atom. The summed E-state index contributed by atoms with van der Waals surface area (Å²) in [6, 6.07) is 21.8. The molecule has 3 aromatic carbocycles. The Bertz CT molecular complexity index is 1260. The molecule has 0 spiro atoms. The van der Waals surface area contributed by atoms with E-state index in [0.29, 0.717) is 0 Å². The Morgan fingerprint density at radius 1 is 0.793 bits per heavy atom.